The van der Waals surface area contributed by atoms with Crippen LogP contribution in [0.5, 0.6) is 23.0 Å². The highest BCUT2D eigenvalue weighted by Gasteiger charge is 2.71. The lowest BCUT2D eigenvalue weighted by Gasteiger charge is -2.15. The lowest BCUT2D eigenvalue weighted by Crippen LogP contribution is -2.17. The number of fused-ring (bicyclic) bond motifs is 4. The van der Waals surface area contributed by atoms with Crippen LogP contribution in [0.25, 0.3) is 0 Å². The van der Waals surface area contributed by atoms with Crippen molar-refractivity contribution in [2.75, 3.05) is 14.2 Å². The van der Waals surface area contributed by atoms with Crippen LogP contribution in [0.15, 0.2) is 36.4 Å². The summed E-state index contributed by atoms with van der Waals surface area (Å²) >= 11 is 0. The van der Waals surface area contributed by atoms with Crippen LogP contribution in [0.2, 0.25) is 0 Å². The zero-order valence-electron chi connectivity index (χ0n) is 16.3. The van der Waals surface area contributed by atoms with Gasteiger partial charge in [-0.3, -0.25) is 14.4 Å². The summed E-state index contributed by atoms with van der Waals surface area (Å²) in [6, 6.07) is 10.1. The van der Waals surface area contributed by atoms with E-state index in [2.05, 4.69) is 0 Å². The van der Waals surface area contributed by atoms with Crippen molar-refractivity contribution in [3.8, 4) is 23.0 Å². The molecule has 0 bridgehead atoms. The number of carbonyl (C=O) groups is 3. The first kappa shape index (κ1) is 17.5. The lowest BCUT2D eigenvalue weighted by atomic mass is 9.99. The summed E-state index contributed by atoms with van der Waals surface area (Å²) in [6.45, 7) is 0. The molecular weight excluding hydrogens is 388 g/mol. The molecule has 0 saturated heterocycles. The van der Waals surface area contributed by atoms with Crippen LogP contribution in [0, 0.1) is 23.7 Å². The molecule has 0 spiro atoms. The van der Waals surface area contributed by atoms with Gasteiger partial charge in [0.1, 0.15) is 41.0 Å². The zero-order valence-corrected chi connectivity index (χ0v) is 16.3. The number of benzene rings is 2. The highest BCUT2D eigenvalue weighted by atomic mass is 16.5. The summed E-state index contributed by atoms with van der Waals surface area (Å²) in [4.78, 5) is 38.9. The topological polar surface area (TPSA) is 88.1 Å². The second kappa shape index (κ2) is 5.84. The average molecular weight is 406 g/mol. The molecule has 152 valence electrons. The summed E-state index contributed by atoms with van der Waals surface area (Å²) in [5, 5.41) is 0. The number of rotatable bonds is 4. The van der Waals surface area contributed by atoms with Crippen LogP contribution in [0.3, 0.4) is 0 Å². The molecule has 0 aromatic heterocycles. The van der Waals surface area contributed by atoms with E-state index in [1.165, 1.54) is 14.2 Å². The van der Waals surface area contributed by atoms with Gasteiger partial charge in [-0.15, -0.1) is 0 Å². The molecule has 2 heterocycles. The molecule has 2 aromatic rings. The largest absolute Gasteiger partial charge is 0.497 e. The maximum Gasteiger partial charge on any atom is 0.174 e. The first-order chi connectivity index (χ1) is 14.5. The second-order valence-corrected chi connectivity index (χ2v) is 8.12. The van der Waals surface area contributed by atoms with Gasteiger partial charge in [-0.05, 0) is 24.3 Å². The Morgan fingerprint density at radius 1 is 0.767 bits per heavy atom. The molecule has 6 unspecified atom stereocenters. The molecular formula is C23H18O7. The van der Waals surface area contributed by atoms with Gasteiger partial charge < -0.3 is 18.9 Å². The molecule has 7 heteroatoms. The predicted molar refractivity (Wildman–Crippen MR) is 102 cm³/mol. The molecule has 2 saturated carbocycles. The molecule has 0 radical (unpaired) electrons. The fourth-order valence-electron chi connectivity index (χ4n) is 4.90. The van der Waals surface area contributed by atoms with E-state index < -0.39 is 35.9 Å². The van der Waals surface area contributed by atoms with Crippen molar-refractivity contribution in [3.63, 3.8) is 0 Å². The summed E-state index contributed by atoms with van der Waals surface area (Å²) < 4.78 is 22.3. The van der Waals surface area contributed by atoms with E-state index in [0.29, 0.717) is 34.1 Å². The maximum absolute atomic E-state index is 13.2. The lowest BCUT2D eigenvalue weighted by molar-refractivity contribution is -0.122. The fraction of sp³-hybridized carbons (Fsp3) is 0.348. The predicted octanol–water partition coefficient (Wildman–Crippen LogP) is 2.35. The van der Waals surface area contributed by atoms with Crippen molar-refractivity contribution < 1.29 is 33.3 Å². The van der Waals surface area contributed by atoms with Crippen LogP contribution >= 0.6 is 0 Å². The van der Waals surface area contributed by atoms with Crippen molar-refractivity contribution in [3.05, 3.63) is 47.5 Å². The quantitative estimate of drug-likeness (QED) is 0.770. The normalized spacial score (nSPS) is 31.8. The first-order valence-electron chi connectivity index (χ1n) is 9.85. The van der Waals surface area contributed by atoms with Gasteiger partial charge in [0.2, 0.25) is 0 Å². The van der Waals surface area contributed by atoms with Crippen LogP contribution in [0.4, 0.5) is 0 Å². The van der Waals surface area contributed by atoms with Crippen molar-refractivity contribution in [2.45, 2.75) is 12.2 Å². The molecule has 2 aliphatic carbocycles. The molecule has 0 N–H and O–H groups in total. The third-order valence-electron chi connectivity index (χ3n) is 6.60. The Morgan fingerprint density at radius 3 is 1.60 bits per heavy atom. The smallest absolute Gasteiger partial charge is 0.174 e. The van der Waals surface area contributed by atoms with Gasteiger partial charge in [-0.1, -0.05) is 0 Å². The molecule has 7 nitrogen and oxygen atoms in total. The number of ether oxygens (including phenoxy) is 4. The third-order valence-corrected chi connectivity index (χ3v) is 6.60. The van der Waals surface area contributed by atoms with Crippen LogP contribution in [-0.2, 0) is 4.79 Å². The highest BCUT2D eigenvalue weighted by molar-refractivity contribution is 6.12. The van der Waals surface area contributed by atoms with Crippen LogP contribution < -0.4 is 18.9 Å². The molecule has 2 aromatic carbocycles. The van der Waals surface area contributed by atoms with Gasteiger partial charge >= 0.3 is 0 Å². The van der Waals surface area contributed by atoms with Gasteiger partial charge in [0.05, 0.1) is 49.0 Å². The SMILES string of the molecule is COc1ccc2c(c1)OC1C(C2=O)C1C(=O)C1C2Oc3cc(OC)ccc3C(=O)C21. The van der Waals surface area contributed by atoms with E-state index in [1.807, 2.05) is 0 Å². The van der Waals surface area contributed by atoms with Gasteiger partial charge in [0, 0.05) is 12.1 Å². The van der Waals surface area contributed by atoms with Gasteiger partial charge in [0.15, 0.2) is 11.6 Å². The molecule has 2 aliphatic heterocycles. The molecule has 0 amide bonds. The first-order valence-corrected chi connectivity index (χ1v) is 9.85. The molecule has 2 fully saturated rings. The zero-order chi connectivity index (χ0) is 20.7. The van der Waals surface area contributed by atoms with Crippen molar-refractivity contribution >= 4 is 17.3 Å². The van der Waals surface area contributed by atoms with Gasteiger partial charge in [-0.2, -0.15) is 0 Å². The molecule has 30 heavy (non-hydrogen) atoms. The second-order valence-electron chi connectivity index (χ2n) is 8.12. The van der Waals surface area contributed by atoms with E-state index in [4.69, 9.17) is 18.9 Å². The number of hydrogen-bond donors (Lipinski definition) is 0. The number of methoxy groups -OCH3 is 2. The van der Waals surface area contributed by atoms with E-state index in [-0.39, 0.29) is 17.3 Å². The summed E-state index contributed by atoms with van der Waals surface area (Å²) in [6.07, 6.45) is -0.963. The Kier molecular flexibility index (Phi) is 3.41. The molecule has 6 rings (SSSR count). The Morgan fingerprint density at radius 2 is 1.20 bits per heavy atom. The Bertz CT molecular complexity index is 1050. The van der Waals surface area contributed by atoms with Crippen molar-refractivity contribution in [2.24, 2.45) is 23.7 Å². The van der Waals surface area contributed by atoms with E-state index in [1.54, 1.807) is 36.4 Å². The Balaban J connectivity index is 1.23. The minimum atomic E-state index is -0.541. The summed E-state index contributed by atoms with van der Waals surface area (Å²) in [7, 11) is 3.08. The monoisotopic (exact) mass is 406 g/mol. The van der Waals surface area contributed by atoms with Crippen molar-refractivity contribution in [1.29, 1.82) is 0 Å². The molecule has 6 atom stereocenters. The minimum Gasteiger partial charge on any atom is -0.497 e. The average Bonchev–Trinajstić information content (AvgIpc) is 3.66. The van der Waals surface area contributed by atoms with Crippen molar-refractivity contribution in [1.82, 2.24) is 0 Å². The number of hydrogen-bond acceptors (Lipinski definition) is 7. The Labute approximate surface area is 171 Å². The number of Topliss-reactive ketones (excluding diaryl/α,β-unsaturated/α-hetero) is 3. The third kappa shape index (κ3) is 2.23. The minimum absolute atomic E-state index is 0.0915. The van der Waals surface area contributed by atoms with E-state index >= 15 is 0 Å². The maximum atomic E-state index is 13.2. The van der Waals surface area contributed by atoms with E-state index in [9.17, 15) is 14.4 Å². The standard InChI is InChI=1S/C23H18O7/c1-27-9-3-5-11-13(7-9)29-22-15(19(11)24)17(22)21(26)18-16-20(25)12-6-4-10(28-2)8-14(12)30-23(16)18/h3-8,15-18,22-23H,1-2H3. The van der Waals surface area contributed by atoms with Crippen LogP contribution in [-0.4, -0.2) is 43.8 Å². The summed E-state index contributed by atoms with van der Waals surface area (Å²) in [5.41, 5.74) is 0.930. The number of carbonyl (C=O) groups excluding carboxylic acids is 3. The summed E-state index contributed by atoms with van der Waals surface area (Å²) in [5.74, 6) is -0.309. The highest BCUT2D eigenvalue weighted by Crippen LogP contribution is 2.57. The molecule has 4 aliphatic rings. The van der Waals surface area contributed by atoms with Gasteiger partial charge in [-0.25, -0.2) is 0 Å². The van der Waals surface area contributed by atoms with Gasteiger partial charge in [0.25, 0.3) is 0 Å². The van der Waals surface area contributed by atoms with E-state index in [0.717, 1.165) is 0 Å². The number of ketones is 3. The fourth-order valence-corrected chi connectivity index (χ4v) is 4.90. The van der Waals surface area contributed by atoms with Crippen LogP contribution in [0.1, 0.15) is 20.7 Å². The Hall–Kier alpha value is -3.35.